The van der Waals surface area contributed by atoms with Gasteiger partial charge in [0.2, 0.25) is 0 Å². The van der Waals surface area contributed by atoms with E-state index in [1.54, 1.807) is 0 Å². The van der Waals surface area contributed by atoms with Crippen molar-refractivity contribution in [3.8, 4) is 12.3 Å². The van der Waals surface area contributed by atoms with Crippen molar-refractivity contribution in [2.45, 2.75) is 0 Å². The van der Waals surface area contributed by atoms with Crippen LogP contribution in [0.2, 0.25) is 0 Å². The molecule has 0 saturated carbocycles. The summed E-state index contributed by atoms with van der Waals surface area (Å²) in [6.45, 7) is 5.02. The van der Waals surface area contributed by atoms with Gasteiger partial charge in [-0.2, -0.15) is 0 Å². The molecule has 0 spiro atoms. The van der Waals surface area contributed by atoms with Gasteiger partial charge in [-0.1, -0.05) is 18.2 Å². The van der Waals surface area contributed by atoms with E-state index >= 15 is 0 Å². The Morgan fingerprint density at radius 2 is 2.20 bits per heavy atom. The molecular weight excluding hydrogens is 146 g/mol. The van der Waals surface area contributed by atoms with Gasteiger partial charge in [0.1, 0.15) is 13.1 Å². The Morgan fingerprint density at radius 3 is 2.50 bits per heavy atom. The SMILES string of the molecule is C#CC[N+](C)(C)CC(=C)Cl. The highest BCUT2D eigenvalue weighted by Gasteiger charge is 2.12. The number of halogens is 1. The highest BCUT2D eigenvalue weighted by Crippen LogP contribution is 2.05. The average molecular weight is 159 g/mol. The average Bonchev–Trinajstić information content (AvgIpc) is 1.59. The third-order valence-corrected chi connectivity index (χ3v) is 1.24. The van der Waals surface area contributed by atoms with E-state index in [1.807, 2.05) is 14.1 Å². The van der Waals surface area contributed by atoms with E-state index in [4.69, 9.17) is 18.0 Å². The summed E-state index contributed by atoms with van der Waals surface area (Å²) in [6, 6.07) is 0. The van der Waals surface area contributed by atoms with Crippen molar-refractivity contribution >= 4 is 11.6 Å². The summed E-state index contributed by atoms with van der Waals surface area (Å²) in [6.07, 6.45) is 5.15. The van der Waals surface area contributed by atoms with E-state index in [2.05, 4.69) is 12.5 Å². The summed E-state index contributed by atoms with van der Waals surface area (Å²) in [7, 11) is 4.04. The minimum Gasteiger partial charge on any atom is -0.314 e. The maximum atomic E-state index is 5.62. The Morgan fingerprint density at radius 1 is 1.70 bits per heavy atom. The lowest BCUT2D eigenvalue weighted by molar-refractivity contribution is -0.877. The van der Waals surface area contributed by atoms with Crippen molar-refractivity contribution < 1.29 is 4.48 Å². The molecule has 1 nitrogen and oxygen atoms in total. The second-order valence-electron chi connectivity index (χ2n) is 2.97. The predicted molar refractivity (Wildman–Crippen MR) is 45.7 cm³/mol. The van der Waals surface area contributed by atoms with Crippen LogP contribution in [0.3, 0.4) is 0 Å². The van der Waals surface area contributed by atoms with E-state index < -0.39 is 0 Å². The Kier molecular flexibility index (Phi) is 3.49. The maximum absolute atomic E-state index is 5.62. The van der Waals surface area contributed by atoms with E-state index in [-0.39, 0.29) is 0 Å². The Balaban J connectivity index is 3.89. The predicted octanol–water partition coefficient (Wildman–Crippen LogP) is 1.45. The van der Waals surface area contributed by atoms with Crippen LogP contribution >= 0.6 is 11.6 Å². The van der Waals surface area contributed by atoms with Crippen LogP contribution in [0.5, 0.6) is 0 Å². The Labute approximate surface area is 67.9 Å². The zero-order valence-electron chi connectivity index (χ0n) is 6.52. The first-order chi connectivity index (χ1) is 4.48. The smallest absolute Gasteiger partial charge is 0.140 e. The molecule has 0 N–H and O–H groups in total. The van der Waals surface area contributed by atoms with Crippen LogP contribution in [0.1, 0.15) is 0 Å². The van der Waals surface area contributed by atoms with E-state index in [1.165, 1.54) is 0 Å². The molecule has 0 rings (SSSR count). The zero-order chi connectivity index (χ0) is 8.20. The standard InChI is InChI=1S/C8H13ClN/c1-5-6-10(3,4)7-8(2)9/h1H,2,6-7H2,3-4H3/q+1. The molecule has 0 amide bonds. The van der Waals surface area contributed by atoms with Crippen LogP contribution < -0.4 is 0 Å². The molecule has 10 heavy (non-hydrogen) atoms. The van der Waals surface area contributed by atoms with Gasteiger partial charge < -0.3 is 4.48 Å². The van der Waals surface area contributed by atoms with Crippen molar-refractivity contribution in [1.29, 1.82) is 0 Å². The largest absolute Gasteiger partial charge is 0.314 e. The molecule has 0 radical (unpaired) electrons. The third-order valence-electron chi connectivity index (χ3n) is 1.12. The van der Waals surface area contributed by atoms with Gasteiger partial charge in [0.05, 0.1) is 19.1 Å². The summed E-state index contributed by atoms with van der Waals surface area (Å²) in [5, 5.41) is 0.653. The fourth-order valence-electron chi connectivity index (χ4n) is 0.767. The molecule has 0 heterocycles. The van der Waals surface area contributed by atoms with Gasteiger partial charge in [0.25, 0.3) is 0 Å². The van der Waals surface area contributed by atoms with Crippen molar-refractivity contribution in [1.82, 2.24) is 0 Å². The fourth-order valence-corrected chi connectivity index (χ4v) is 1.09. The minimum absolute atomic E-state index is 0.653. The Bertz CT molecular complexity index is 165. The fraction of sp³-hybridized carbons (Fsp3) is 0.500. The zero-order valence-corrected chi connectivity index (χ0v) is 7.28. The van der Waals surface area contributed by atoms with E-state index in [0.717, 1.165) is 6.54 Å². The minimum atomic E-state index is 0.653. The molecule has 0 saturated heterocycles. The first-order valence-electron chi connectivity index (χ1n) is 3.07. The van der Waals surface area contributed by atoms with Crippen molar-refractivity contribution in [3.05, 3.63) is 11.6 Å². The number of quaternary nitrogens is 1. The van der Waals surface area contributed by atoms with Gasteiger partial charge in [-0.05, 0) is 5.92 Å². The van der Waals surface area contributed by atoms with Gasteiger partial charge in [-0.25, -0.2) is 0 Å². The van der Waals surface area contributed by atoms with Gasteiger partial charge in [-0.3, -0.25) is 0 Å². The van der Waals surface area contributed by atoms with Crippen LogP contribution in [0.4, 0.5) is 0 Å². The normalized spacial score (nSPS) is 10.6. The number of hydrogen-bond acceptors (Lipinski definition) is 0. The number of hydrogen-bond donors (Lipinski definition) is 0. The van der Waals surface area contributed by atoms with E-state index in [0.29, 0.717) is 16.1 Å². The van der Waals surface area contributed by atoms with Gasteiger partial charge in [0.15, 0.2) is 0 Å². The first kappa shape index (κ1) is 9.55. The molecule has 0 atom stereocenters. The molecule has 0 unspecified atom stereocenters. The lowest BCUT2D eigenvalue weighted by Gasteiger charge is -2.26. The van der Waals surface area contributed by atoms with Crippen LogP contribution in [-0.4, -0.2) is 31.7 Å². The van der Waals surface area contributed by atoms with Crippen LogP contribution in [-0.2, 0) is 0 Å². The summed E-state index contributed by atoms with van der Waals surface area (Å²) in [4.78, 5) is 0. The molecule has 0 aliphatic carbocycles. The van der Waals surface area contributed by atoms with Gasteiger partial charge in [0, 0.05) is 0 Å². The maximum Gasteiger partial charge on any atom is 0.140 e. The molecule has 2 heteroatoms. The van der Waals surface area contributed by atoms with Crippen LogP contribution in [0, 0.1) is 12.3 Å². The molecule has 0 aromatic rings. The van der Waals surface area contributed by atoms with Crippen LogP contribution in [0.15, 0.2) is 11.6 Å². The number of terminal acetylenes is 1. The highest BCUT2D eigenvalue weighted by atomic mass is 35.5. The monoisotopic (exact) mass is 158 g/mol. The second kappa shape index (κ2) is 3.65. The number of nitrogens with zero attached hydrogens (tertiary/aromatic N) is 1. The molecule has 0 aliphatic rings. The van der Waals surface area contributed by atoms with Gasteiger partial charge >= 0.3 is 0 Å². The van der Waals surface area contributed by atoms with Crippen LogP contribution in [0.25, 0.3) is 0 Å². The summed E-state index contributed by atoms with van der Waals surface area (Å²) in [5.74, 6) is 2.59. The molecular formula is C8H13ClN+. The summed E-state index contributed by atoms with van der Waals surface area (Å²) in [5.41, 5.74) is 0. The van der Waals surface area contributed by atoms with Gasteiger partial charge in [-0.15, -0.1) is 6.42 Å². The lowest BCUT2D eigenvalue weighted by Crippen LogP contribution is -2.40. The third kappa shape index (κ3) is 4.43. The molecule has 0 aliphatic heterocycles. The van der Waals surface area contributed by atoms with Crippen molar-refractivity contribution in [2.24, 2.45) is 0 Å². The summed E-state index contributed by atoms with van der Waals surface area (Å²) < 4.78 is 0.707. The van der Waals surface area contributed by atoms with Crippen molar-refractivity contribution in [2.75, 3.05) is 27.2 Å². The lowest BCUT2D eigenvalue weighted by atomic mass is 10.4. The first-order valence-corrected chi connectivity index (χ1v) is 3.44. The molecule has 56 valence electrons. The number of rotatable bonds is 3. The highest BCUT2D eigenvalue weighted by molar-refractivity contribution is 6.29. The topological polar surface area (TPSA) is 0 Å². The van der Waals surface area contributed by atoms with E-state index in [9.17, 15) is 0 Å². The quantitative estimate of drug-likeness (QED) is 0.431. The Hall–Kier alpha value is -0.450. The molecule has 0 aromatic carbocycles. The second-order valence-corrected chi connectivity index (χ2v) is 3.51. The molecule has 0 fully saturated rings. The molecule has 0 bridgehead atoms. The number of likely N-dealkylation sites (N-methyl/N-ethyl adjacent to an activating group) is 1. The summed E-state index contributed by atoms with van der Waals surface area (Å²) >= 11 is 5.62. The molecule has 0 aromatic heterocycles. The van der Waals surface area contributed by atoms with Crippen molar-refractivity contribution in [3.63, 3.8) is 0 Å².